The highest BCUT2D eigenvalue weighted by Crippen LogP contribution is 2.07. The van der Waals surface area contributed by atoms with Gasteiger partial charge in [-0.15, -0.1) is 0 Å². The van der Waals surface area contributed by atoms with E-state index in [0.717, 1.165) is 0 Å². The van der Waals surface area contributed by atoms with Crippen molar-refractivity contribution < 1.29 is 14.7 Å². The smallest absolute Gasteiger partial charge is 0.512 e. The molecule has 13 heavy (non-hydrogen) atoms. The van der Waals surface area contributed by atoms with Crippen molar-refractivity contribution in [1.82, 2.24) is 0 Å². The van der Waals surface area contributed by atoms with Crippen molar-refractivity contribution in [2.75, 3.05) is 0 Å². The van der Waals surface area contributed by atoms with E-state index in [2.05, 4.69) is 4.65 Å². The summed E-state index contributed by atoms with van der Waals surface area (Å²) in [5, 5.41) is 24.0. The fourth-order valence-electron chi connectivity index (χ4n) is 0.621. The van der Waals surface area contributed by atoms with Gasteiger partial charge in [-0.2, -0.15) is 5.26 Å². The summed E-state index contributed by atoms with van der Waals surface area (Å²) < 4.78 is 4.53. The van der Waals surface area contributed by atoms with E-state index in [0.29, 0.717) is 5.75 Å². The van der Waals surface area contributed by atoms with Crippen LogP contribution in [0.1, 0.15) is 6.92 Å². The van der Waals surface area contributed by atoms with Gasteiger partial charge in [-0.25, -0.2) is 0 Å². The molecule has 0 saturated carbocycles. The number of hydrogen-bond donors (Lipinski definition) is 2. The van der Waals surface area contributed by atoms with Crippen molar-refractivity contribution in [3.63, 3.8) is 0 Å². The Balaban J connectivity index is 0.000000424. The third-order valence-corrected chi connectivity index (χ3v) is 0.985. The Morgan fingerprint density at radius 1 is 1.31 bits per heavy atom. The molecule has 4 nitrogen and oxygen atoms in total. The van der Waals surface area contributed by atoms with Gasteiger partial charge in [-0.3, -0.25) is 0 Å². The fourth-order valence-corrected chi connectivity index (χ4v) is 0.621. The van der Waals surface area contributed by atoms with Crippen molar-refractivity contribution >= 4 is 7.32 Å². The molecule has 0 spiro atoms. The van der Waals surface area contributed by atoms with Gasteiger partial charge >= 0.3 is 7.32 Å². The second-order valence-electron chi connectivity index (χ2n) is 1.98. The lowest BCUT2D eigenvalue weighted by molar-refractivity contribution is 0.288. The molecule has 0 amide bonds. The first-order valence-corrected chi connectivity index (χ1v) is 3.59. The predicted octanol–water partition coefficient (Wildman–Crippen LogP) is 0.565. The van der Waals surface area contributed by atoms with Crippen LogP contribution >= 0.6 is 0 Å². The summed E-state index contributed by atoms with van der Waals surface area (Å²) in [5.41, 5.74) is 0. The molecule has 0 bridgehead atoms. The molecule has 0 fully saturated rings. The molecule has 0 aromatic heterocycles. The molecule has 0 heterocycles. The van der Waals surface area contributed by atoms with Crippen molar-refractivity contribution in [3.8, 4) is 11.8 Å². The van der Waals surface area contributed by atoms with E-state index in [-0.39, 0.29) is 0 Å². The maximum absolute atomic E-state index is 8.34. The van der Waals surface area contributed by atoms with Crippen molar-refractivity contribution in [2.24, 2.45) is 0 Å². The lowest BCUT2D eigenvalue weighted by Gasteiger charge is -2.01. The van der Waals surface area contributed by atoms with Crippen LogP contribution < -0.4 is 4.65 Å². The third-order valence-electron chi connectivity index (χ3n) is 0.985. The summed E-state index contributed by atoms with van der Waals surface area (Å²) >= 11 is 0. The minimum atomic E-state index is -1.73. The van der Waals surface area contributed by atoms with Crippen LogP contribution in [0.4, 0.5) is 0 Å². The molecule has 0 radical (unpaired) electrons. The quantitative estimate of drug-likeness (QED) is 0.650. The third kappa shape index (κ3) is 6.88. The van der Waals surface area contributed by atoms with Crippen molar-refractivity contribution in [1.29, 1.82) is 5.26 Å². The molecule has 0 unspecified atom stereocenters. The Hall–Kier alpha value is -1.51. The van der Waals surface area contributed by atoms with E-state index in [1.807, 2.05) is 6.07 Å². The van der Waals surface area contributed by atoms with Crippen LogP contribution in [0.3, 0.4) is 0 Å². The van der Waals surface area contributed by atoms with E-state index in [4.69, 9.17) is 15.3 Å². The van der Waals surface area contributed by atoms with E-state index >= 15 is 0 Å². The van der Waals surface area contributed by atoms with Crippen LogP contribution in [-0.4, -0.2) is 17.4 Å². The molecule has 5 heteroatoms. The van der Waals surface area contributed by atoms with Crippen LogP contribution in [0.15, 0.2) is 30.3 Å². The van der Waals surface area contributed by atoms with Gasteiger partial charge in [0.25, 0.3) is 0 Å². The number of nitrogens with zero attached hydrogens (tertiary/aromatic N) is 1. The molecule has 1 aromatic carbocycles. The standard InChI is InChI=1S/C6H7BO3.C2H3N/c8-7(9)10-6-4-2-1-3-5-6;1-2-3/h1-5,8-9H;1H3. The molecule has 0 atom stereocenters. The SMILES string of the molecule is CC#N.OB(O)Oc1ccccc1. The molecular weight excluding hydrogens is 169 g/mol. The maximum Gasteiger partial charge on any atom is 0.707 e. The average Bonchev–Trinajstić information content (AvgIpc) is 2.06. The fraction of sp³-hybridized carbons (Fsp3) is 0.125. The summed E-state index contributed by atoms with van der Waals surface area (Å²) in [4.78, 5) is 0. The largest absolute Gasteiger partial charge is 0.707 e. The molecule has 0 aliphatic heterocycles. The van der Waals surface area contributed by atoms with Crippen LogP contribution in [0.2, 0.25) is 0 Å². The first-order chi connectivity index (χ1) is 6.20. The van der Waals surface area contributed by atoms with Gasteiger partial charge < -0.3 is 14.7 Å². The maximum atomic E-state index is 8.34. The zero-order valence-corrected chi connectivity index (χ0v) is 7.21. The summed E-state index contributed by atoms with van der Waals surface area (Å²) in [6.45, 7) is 1.43. The molecule has 0 aliphatic rings. The zero-order valence-electron chi connectivity index (χ0n) is 7.21. The number of nitriles is 1. The second-order valence-corrected chi connectivity index (χ2v) is 1.98. The van der Waals surface area contributed by atoms with Gasteiger partial charge in [0.2, 0.25) is 0 Å². The Kier molecular flexibility index (Phi) is 6.33. The molecule has 0 aliphatic carbocycles. The Morgan fingerprint density at radius 3 is 2.15 bits per heavy atom. The van der Waals surface area contributed by atoms with Crippen LogP contribution in [-0.2, 0) is 0 Å². The highest BCUT2D eigenvalue weighted by Gasteiger charge is 2.09. The molecule has 1 aromatic rings. The van der Waals surface area contributed by atoms with E-state index < -0.39 is 7.32 Å². The lowest BCUT2D eigenvalue weighted by Crippen LogP contribution is -2.20. The minimum absolute atomic E-state index is 0.442. The summed E-state index contributed by atoms with van der Waals surface area (Å²) in [5.74, 6) is 0.442. The monoisotopic (exact) mass is 179 g/mol. The van der Waals surface area contributed by atoms with Crippen LogP contribution in [0.5, 0.6) is 5.75 Å². The Morgan fingerprint density at radius 2 is 1.77 bits per heavy atom. The number of hydrogen-bond acceptors (Lipinski definition) is 4. The number of benzene rings is 1. The molecular formula is C8H10BNO3. The summed E-state index contributed by atoms with van der Waals surface area (Å²) in [7, 11) is -1.73. The highest BCUT2D eigenvalue weighted by atomic mass is 16.6. The first-order valence-electron chi connectivity index (χ1n) is 3.59. The average molecular weight is 179 g/mol. The lowest BCUT2D eigenvalue weighted by atomic mass is 10.2. The normalized spacial score (nSPS) is 7.54. The van der Waals surface area contributed by atoms with Gasteiger partial charge in [-0.05, 0) is 12.1 Å². The first kappa shape index (κ1) is 11.5. The molecule has 0 saturated heterocycles. The highest BCUT2D eigenvalue weighted by molar-refractivity contribution is 6.33. The molecule has 1 rings (SSSR count). The van der Waals surface area contributed by atoms with E-state index in [1.165, 1.54) is 6.92 Å². The summed E-state index contributed by atoms with van der Waals surface area (Å²) in [6, 6.07) is 10.3. The Bertz CT molecular complexity index is 258. The molecule has 68 valence electrons. The van der Waals surface area contributed by atoms with Crippen molar-refractivity contribution in [2.45, 2.75) is 6.92 Å². The summed E-state index contributed by atoms with van der Waals surface area (Å²) in [6.07, 6.45) is 0. The predicted molar refractivity (Wildman–Crippen MR) is 48.5 cm³/mol. The molecule has 2 N–H and O–H groups in total. The minimum Gasteiger partial charge on any atom is -0.512 e. The van der Waals surface area contributed by atoms with Gasteiger partial charge in [0.05, 0.1) is 6.07 Å². The van der Waals surface area contributed by atoms with Gasteiger partial charge in [-0.1, -0.05) is 18.2 Å². The second kappa shape index (κ2) is 7.16. The zero-order chi connectivity index (χ0) is 10.1. The van der Waals surface area contributed by atoms with Crippen LogP contribution in [0.25, 0.3) is 0 Å². The van der Waals surface area contributed by atoms with E-state index in [9.17, 15) is 0 Å². The van der Waals surface area contributed by atoms with Crippen molar-refractivity contribution in [3.05, 3.63) is 30.3 Å². The topological polar surface area (TPSA) is 73.5 Å². The van der Waals surface area contributed by atoms with Gasteiger partial charge in [0, 0.05) is 6.92 Å². The van der Waals surface area contributed by atoms with E-state index in [1.54, 1.807) is 30.3 Å². The van der Waals surface area contributed by atoms with Crippen LogP contribution in [0, 0.1) is 11.3 Å². The van der Waals surface area contributed by atoms with Gasteiger partial charge in [0.1, 0.15) is 5.75 Å². The number of para-hydroxylation sites is 1. The van der Waals surface area contributed by atoms with Gasteiger partial charge in [0.15, 0.2) is 0 Å². The Labute approximate surface area is 77.2 Å². The number of rotatable bonds is 2.